The highest BCUT2D eigenvalue weighted by atomic mass is 32.2. The van der Waals surface area contributed by atoms with Crippen molar-refractivity contribution in [1.82, 2.24) is 14.8 Å². The molecule has 0 aromatic carbocycles. The van der Waals surface area contributed by atoms with Crippen molar-refractivity contribution in [3.63, 3.8) is 0 Å². The Morgan fingerprint density at radius 2 is 2.29 bits per heavy atom. The number of aromatic nitrogens is 3. The normalized spacial score (nSPS) is 15.9. The van der Waals surface area contributed by atoms with Crippen LogP contribution in [0.25, 0.3) is 0 Å². The summed E-state index contributed by atoms with van der Waals surface area (Å²) in [6.07, 6.45) is 1.52. The third-order valence-corrected chi connectivity index (χ3v) is 3.76. The van der Waals surface area contributed by atoms with E-state index in [4.69, 9.17) is 0 Å². The van der Waals surface area contributed by atoms with Gasteiger partial charge in [-0.1, -0.05) is 25.6 Å². The van der Waals surface area contributed by atoms with E-state index in [-0.39, 0.29) is 5.92 Å². The summed E-state index contributed by atoms with van der Waals surface area (Å²) in [6, 6.07) is 0. The average molecular weight is 215 g/mol. The molecule has 1 rings (SSSR count). The van der Waals surface area contributed by atoms with E-state index >= 15 is 0 Å². The highest BCUT2D eigenvalue weighted by Gasteiger charge is 2.25. The maximum Gasteiger partial charge on any atom is 0.185 e. The quantitative estimate of drug-likeness (QED) is 0.769. The van der Waals surface area contributed by atoms with E-state index in [9.17, 15) is 5.11 Å². The number of nitrogens with zero attached hydrogens (tertiary/aromatic N) is 3. The largest absolute Gasteiger partial charge is 0.389 e. The van der Waals surface area contributed by atoms with Gasteiger partial charge in [-0.2, -0.15) is 5.10 Å². The van der Waals surface area contributed by atoms with E-state index in [2.05, 4.69) is 10.1 Å². The van der Waals surface area contributed by atoms with E-state index in [1.54, 1.807) is 4.68 Å². The van der Waals surface area contributed by atoms with Crippen LogP contribution in [0.15, 0.2) is 11.5 Å². The maximum absolute atomic E-state index is 10.0. The Balaban J connectivity index is 2.53. The predicted octanol–water partition coefficient (Wildman–Crippen LogP) is 1.31. The van der Waals surface area contributed by atoms with Crippen LogP contribution >= 0.6 is 11.8 Å². The van der Waals surface area contributed by atoms with Crippen molar-refractivity contribution < 1.29 is 5.11 Å². The van der Waals surface area contributed by atoms with E-state index in [1.807, 2.05) is 27.8 Å². The Morgan fingerprint density at radius 3 is 2.71 bits per heavy atom. The van der Waals surface area contributed by atoms with Gasteiger partial charge in [-0.15, -0.1) is 0 Å². The number of hydrogen-bond acceptors (Lipinski definition) is 4. The molecule has 0 aliphatic rings. The zero-order chi connectivity index (χ0) is 10.8. The zero-order valence-electron chi connectivity index (χ0n) is 9.06. The summed E-state index contributed by atoms with van der Waals surface area (Å²) in [7, 11) is 1.85. The third kappa shape index (κ3) is 2.72. The molecule has 1 heterocycles. The van der Waals surface area contributed by atoms with E-state index in [0.29, 0.717) is 5.75 Å². The lowest BCUT2D eigenvalue weighted by molar-refractivity contribution is 0.0376. The monoisotopic (exact) mass is 215 g/mol. The standard InChI is InChI=1S/C9H17N3OS/c1-7(2)9(3,13)5-14-8-10-6-11-12(8)4/h6-7,13H,5H2,1-4H3. The zero-order valence-corrected chi connectivity index (χ0v) is 9.88. The van der Waals surface area contributed by atoms with Crippen molar-refractivity contribution in [1.29, 1.82) is 0 Å². The van der Waals surface area contributed by atoms with Gasteiger partial charge < -0.3 is 5.11 Å². The molecule has 14 heavy (non-hydrogen) atoms. The maximum atomic E-state index is 10.0. The second-order valence-electron chi connectivity index (χ2n) is 3.97. The first kappa shape index (κ1) is 11.5. The van der Waals surface area contributed by atoms with Crippen molar-refractivity contribution in [2.45, 2.75) is 31.5 Å². The molecule has 1 N–H and O–H groups in total. The minimum atomic E-state index is -0.656. The molecule has 0 aliphatic carbocycles. The van der Waals surface area contributed by atoms with Crippen LogP contribution < -0.4 is 0 Å². The van der Waals surface area contributed by atoms with Crippen molar-refractivity contribution in [2.24, 2.45) is 13.0 Å². The number of aliphatic hydroxyl groups is 1. The Morgan fingerprint density at radius 1 is 1.64 bits per heavy atom. The van der Waals surface area contributed by atoms with Crippen LogP contribution in [-0.2, 0) is 7.05 Å². The summed E-state index contributed by atoms with van der Waals surface area (Å²) in [5.74, 6) is 0.875. The molecule has 0 radical (unpaired) electrons. The molecule has 0 bridgehead atoms. The summed E-state index contributed by atoms with van der Waals surface area (Å²) in [4.78, 5) is 4.08. The molecule has 0 fully saturated rings. The minimum Gasteiger partial charge on any atom is -0.389 e. The molecule has 1 unspecified atom stereocenters. The molecule has 1 aromatic heterocycles. The van der Waals surface area contributed by atoms with Crippen LogP contribution in [0.1, 0.15) is 20.8 Å². The van der Waals surface area contributed by atoms with Crippen LogP contribution in [0.3, 0.4) is 0 Å². The van der Waals surface area contributed by atoms with Crippen LogP contribution in [-0.4, -0.2) is 31.2 Å². The van der Waals surface area contributed by atoms with Crippen molar-refractivity contribution in [3.05, 3.63) is 6.33 Å². The topological polar surface area (TPSA) is 50.9 Å². The summed E-state index contributed by atoms with van der Waals surface area (Å²) >= 11 is 1.53. The molecule has 0 aliphatic heterocycles. The van der Waals surface area contributed by atoms with Crippen molar-refractivity contribution >= 4 is 11.8 Å². The lowest BCUT2D eigenvalue weighted by atomic mass is 9.95. The van der Waals surface area contributed by atoms with E-state index in [1.165, 1.54) is 18.1 Å². The Bertz CT molecular complexity index is 296. The molecular weight excluding hydrogens is 198 g/mol. The second-order valence-corrected chi connectivity index (χ2v) is 4.91. The average Bonchev–Trinajstić information content (AvgIpc) is 2.47. The molecule has 0 amide bonds. The number of hydrogen-bond donors (Lipinski definition) is 1. The van der Waals surface area contributed by atoms with Gasteiger partial charge in [-0.25, -0.2) is 9.67 Å². The first-order chi connectivity index (χ1) is 6.43. The highest BCUT2D eigenvalue weighted by Crippen LogP contribution is 2.25. The highest BCUT2D eigenvalue weighted by molar-refractivity contribution is 7.99. The molecule has 80 valence electrons. The number of thioether (sulfide) groups is 1. The van der Waals surface area contributed by atoms with Gasteiger partial charge in [0.1, 0.15) is 6.33 Å². The Labute approximate surface area is 88.7 Å². The smallest absolute Gasteiger partial charge is 0.185 e. The van der Waals surface area contributed by atoms with Crippen molar-refractivity contribution in [2.75, 3.05) is 5.75 Å². The Hall–Kier alpha value is -0.550. The molecule has 0 saturated carbocycles. The van der Waals surface area contributed by atoms with Crippen LogP contribution in [0.5, 0.6) is 0 Å². The molecule has 0 spiro atoms. The molecule has 4 nitrogen and oxygen atoms in total. The van der Waals surface area contributed by atoms with Gasteiger partial charge in [-0.3, -0.25) is 0 Å². The van der Waals surface area contributed by atoms with Crippen molar-refractivity contribution in [3.8, 4) is 0 Å². The summed E-state index contributed by atoms with van der Waals surface area (Å²) in [5, 5.41) is 14.8. The van der Waals surface area contributed by atoms with Gasteiger partial charge in [0.05, 0.1) is 5.60 Å². The number of rotatable bonds is 4. The fraction of sp³-hybridized carbons (Fsp3) is 0.778. The third-order valence-electron chi connectivity index (χ3n) is 2.41. The van der Waals surface area contributed by atoms with E-state index in [0.717, 1.165) is 5.16 Å². The molecule has 5 heteroatoms. The summed E-state index contributed by atoms with van der Waals surface area (Å²) < 4.78 is 1.71. The molecule has 1 aromatic rings. The fourth-order valence-electron chi connectivity index (χ4n) is 0.794. The van der Waals surface area contributed by atoms with Gasteiger partial charge in [-0.05, 0) is 12.8 Å². The van der Waals surface area contributed by atoms with Gasteiger partial charge in [0.2, 0.25) is 0 Å². The molecule has 1 atom stereocenters. The lowest BCUT2D eigenvalue weighted by Crippen LogP contribution is -2.33. The second kappa shape index (κ2) is 4.31. The molecule has 0 saturated heterocycles. The SMILES string of the molecule is CC(C)C(C)(O)CSc1ncnn1C. The Kier molecular flexibility index (Phi) is 3.55. The first-order valence-corrected chi connectivity index (χ1v) is 5.61. The van der Waals surface area contributed by atoms with Gasteiger partial charge in [0, 0.05) is 12.8 Å². The lowest BCUT2D eigenvalue weighted by Gasteiger charge is -2.26. The number of aryl methyl sites for hydroxylation is 1. The van der Waals surface area contributed by atoms with Crippen LogP contribution in [0.2, 0.25) is 0 Å². The molecular formula is C9H17N3OS. The van der Waals surface area contributed by atoms with Gasteiger partial charge in [0.25, 0.3) is 0 Å². The summed E-state index contributed by atoms with van der Waals surface area (Å²) in [6.45, 7) is 5.87. The summed E-state index contributed by atoms with van der Waals surface area (Å²) in [5.41, 5.74) is -0.656. The van der Waals surface area contributed by atoms with Crippen LogP contribution in [0.4, 0.5) is 0 Å². The van der Waals surface area contributed by atoms with E-state index < -0.39 is 5.60 Å². The first-order valence-electron chi connectivity index (χ1n) is 4.62. The van der Waals surface area contributed by atoms with Gasteiger partial charge >= 0.3 is 0 Å². The predicted molar refractivity (Wildman–Crippen MR) is 57.2 cm³/mol. The van der Waals surface area contributed by atoms with Crippen LogP contribution in [0, 0.1) is 5.92 Å². The fourth-order valence-corrected chi connectivity index (χ4v) is 1.90. The van der Waals surface area contributed by atoms with Gasteiger partial charge in [0.15, 0.2) is 5.16 Å². The minimum absolute atomic E-state index is 0.239.